The Morgan fingerprint density at radius 3 is 3.00 bits per heavy atom. The third-order valence-electron chi connectivity index (χ3n) is 2.39. The summed E-state index contributed by atoms with van der Waals surface area (Å²) in [5.41, 5.74) is 0.898. The molecule has 92 valence electrons. The van der Waals surface area contributed by atoms with Crippen LogP contribution in [-0.2, 0) is 6.54 Å². The van der Waals surface area contributed by atoms with Gasteiger partial charge in [-0.25, -0.2) is 15.0 Å². The van der Waals surface area contributed by atoms with Gasteiger partial charge in [0.1, 0.15) is 11.9 Å². The normalized spacial score (nSPS) is 10.1. The van der Waals surface area contributed by atoms with Crippen LogP contribution in [0.2, 0.25) is 0 Å². The SMILES string of the molecule is CCNc1cc(C)nc(Cn2ccnc2C#N)n1. The lowest BCUT2D eigenvalue weighted by Crippen LogP contribution is -2.09. The van der Waals surface area contributed by atoms with Crippen LogP contribution >= 0.6 is 0 Å². The minimum Gasteiger partial charge on any atom is -0.370 e. The van der Waals surface area contributed by atoms with Gasteiger partial charge in [-0.15, -0.1) is 0 Å². The Balaban J connectivity index is 2.26. The molecule has 0 aliphatic rings. The lowest BCUT2D eigenvalue weighted by atomic mass is 10.4. The maximum atomic E-state index is 8.89. The number of nitrogens with zero attached hydrogens (tertiary/aromatic N) is 5. The van der Waals surface area contributed by atoms with Crippen LogP contribution < -0.4 is 5.32 Å². The summed E-state index contributed by atoms with van der Waals surface area (Å²) in [5, 5.41) is 12.0. The molecular weight excluding hydrogens is 228 g/mol. The van der Waals surface area contributed by atoms with Crippen LogP contribution in [0.3, 0.4) is 0 Å². The minimum atomic E-state index is 0.366. The Labute approximate surface area is 105 Å². The van der Waals surface area contributed by atoms with Gasteiger partial charge in [0.2, 0.25) is 5.82 Å². The highest BCUT2D eigenvalue weighted by atomic mass is 15.1. The first kappa shape index (κ1) is 12.0. The molecule has 0 amide bonds. The van der Waals surface area contributed by atoms with Crippen LogP contribution in [-0.4, -0.2) is 26.1 Å². The zero-order chi connectivity index (χ0) is 13.0. The third-order valence-corrected chi connectivity index (χ3v) is 2.39. The summed E-state index contributed by atoms with van der Waals surface area (Å²) in [6, 6.07) is 3.93. The molecule has 6 nitrogen and oxygen atoms in total. The number of rotatable bonds is 4. The Morgan fingerprint density at radius 2 is 2.28 bits per heavy atom. The van der Waals surface area contributed by atoms with Crippen molar-refractivity contribution in [3.05, 3.63) is 35.8 Å². The highest BCUT2D eigenvalue weighted by Crippen LogP contribution is 2.08. The summed E-state index contributed by atoms with van der Waals surface area (Å²) >= 11 is 0. The average molecular weight is 242 g/mol. The topological polar surface area (TPSA) is 79.4 Å². The van der Waals surface area contributed by atoms with E-state index in [1.165, 1.54) is 0 Å². The average Bonchev–Trinajstić information content (AvgIpc) is 2.76. The number of anilines is 1. The van der Waals surface area contributed by atoms with Crippen LogP contribution in [0.5, 0.6) is 0 Å². The first-order chi connectivity index (χ1) is 8.72. The molecule has 0 radical (unpaired) electrons. The Kier molecular flexibility index (Phi) is 3.53. The summed E-state index contributed by atoms with van der Waals surface area (Å²) in [5.74, 6) is 1.84. The van der Waals surface area contributed by atoms with Crippen LogP contribution in [0.1, 0.15) is 24.3 Å². The molecule has 0 unspecified atom stereocenters. The van der Waals surface area contributed by atoms with Gasteiger partial charge in [-0.2, -0.15) is 5.26 Å². The van der Waals surface area contributed by atoms with Gasteiger partial charge < -0.3 is 9.88 Å². The smallest absolute Gasteiger partial charge is 0.213 e. The van der Waals surface area contributed by atoms with Gasteiger partial charge in [-0.1, -0.05) is 0 Å². The van der Waals surface area contributed by atoms with Gasteiger partial charge in [0.25, 0.3) is 0 Å². The molecule has 0 saturated carbocycles. The van der Waals surface area contributed by atoms with E-state index in [0.29, 0.717) is 18.2 Å². The van der Waals surface area contributed by atoms with Crippen LogP contribution in [0.25, 0.3) is 0 Å². The maximum Gasteiger partial charge on any atom is 0.213 e. The van der Waals surface area contributed by atoms with Crippen molar-refractivity contribution >= 4 is 5.82 Å². The Bertz CT molecular complexity index is 580. The predicted octanol–water partition coefficient (Wildman–Crippen LogP) is 1.33. The molecule has 0 aromatic carbocycles. The van der Waals surface area contributed by atoms with E-state index in [-0.39, 0.29) is 0 Å². The van der Waals surface area contributed by atoms with Crippen LogP contribution in [0, 0.1) is 18.3 Å². The third kappa shape index (κ3) is 2.63. The number of hydrogen-bond donors (Lipinski definition) is 1. The van der Waals surface area contributed by atoms with Crippen molar-refractivity contribution in [3.63, 3.8) is 0 Å². The lowest BCUT2D eigenvalue weighted by molar-refractivity contribution is 0.728. The molecule has 2 heterocycles. The molecule has 18 heavy (non-hydrogen) atoms. The van der Waals surface area contributed by atoms with Gasteiger partial charge in [-0.05, 0) is 13.8 Å². The fourth-order valence-electron chi connectivity index (χ4n) is 1.67. The van der Waals surface area contributed by atoms with Crippen molar-refractivity contribution in [1.29, 1.82) is 5.26 Å². The summed E-state index contributed by atoms with van der Waals surface area (Å²) in [6.45, 7) is 5.19. The summed E-state index contributed by atoms with van der Waals surface area (Å²) in [7, 11) is 0. The molecular formula is C12H14N6. The molecule has 0 fully saturated rings. The van der Waals surface area contributed by atoms with Gasteiger partial charge in [0.05, 0.1) is 6.54 Å². The molecule has 0 bridgehead atoms. The highest BCUT2D eigenvalue weighted by molar-refractivity contribution is 5.35. The Morgan fingerprint density at radius 1 is 1.44 bits per heavy atom. The first-order valence-corrected chi connectivity index (χ1v) is 5.72. The quantitative estimate of drug-likeness (QED) is 0.875. The van der Waals surface area contributed by atoms with Crippen molar-refractivity contribution in [3.8, 4) is 6.07 Å². The number of nitriles is 1. The number of imidazole rings is 1. The molecule has 0 atom stereocenters. The lowest BCUT2D eigenvalue weighted by Gasteiger charge is -2.07. The zero-order valence-electron chi connectivity index (χ0n) is 10.4. The van der Waals surface area contributed by atoms with Crippen molar-refractivity contribution < 1.29 is 0 Å². The standard InChI is InChI=1S/C12H14N6/c1-3-14-10-6-9(2)16-11(17-10)8-18-5-4-15-12(18)7-13/h4-6H,3,8H2,1-2H3,(H,14,16,17). The predicted molar refractivity (Wildman–Crippen MR) is 67.0 cm³/mol. The van der Waals surface area contributed by atoms with Gasteiger partial charge >= 0.3 is 0 Å². The maximum absolute atomic E-state index is 8.89. The van der Waals surface area contributed by atoms with E-state index < -0.39 is 0 Å². The van der Waals surface area contributed by atoms with E-state index in [1.807, 2.05) is 26.0 Å². The number of aromatic nitrogens is 4. The van der Waals surface area contributed by atoms with Crippen LogP contribution in [0.4, 0.5) is 5.82 Å². The highest BCUT2D eigenvalue weighted by Gasteiger charge is 2.06. The van der Waals surface area contributed by atoms with E-state index >= 15 is 0 Å². The van der Waals surface area contributed by atoms with Gasteiger partial charge in [0.15, 0.2) is 5.82 Å². The summed E-state index contributed by atoms with van der Waals surface area (Å²) < 4.78 is 1.73. The van der Waals surface area contributed by atoms with Crippen molar-refractivity contribution in [2.75, 3.05) is 11.9 Å². The molecule has 2 rings (SSSR count). The van der Waals surface area contributed by atoms with Gasteiger partial charge in [0, 0.05) is 30.7 Å². The summed E-state index contributed by atoms with van der Waals surface area (Å²) in [6.07, 6.45) is 3.34. The second-order valence-corrected chi connectivity index (χ2v) is 3.83. The largest absolute Gasteiger partial charge is 0.370 e. The van der Waals surface area contributed by atoms with Crippen molar-refractivity contribution in [2.45, 2.75) is 20.4 Å². The number of nitrogens with one attached hydrogen (secondary N) is 1. The number of aryl methyl sites for hydroxylation is 1. The minimum absolute atomic E-state index is 0.366. The molecule has 0 aliphatic carbocycles. The number of hydrogen-bond acceptors (Lipinski definition) is 5. The molecule has 0 aliphatic heterocycles. The molecule has 1 N–H and O–H groups in total. The first-order valence-electron chi connectivity index (χ1n) is 5.72. The molecule has 2 aromatic rings. The zero-order valence-corrected chi connectivity index (χ0v) is 10.4. The Hall–Kier alpha value is -2.42. The van der Waals surface area contributed by atoms with E-state index in [4.69, 9.17) is 5.26 Å². The van der Waals surface area contributed by atoms with Crippen LogP contribution in [0.15, 0.2) is 18.5 Å². The fraction of sp³-hybridized carbons (Fsp3) is 0.333. The molecule has 0 spiro atoms. The molecule has 2 aromatic heterocycles. The van der Waals surface area contributed by atoms with Crippen molar-refractivity contribution in [2.24, 2.45) is 0 Å². The fourth-order valence-corrected chi connectivity index (χ4v) is 1.67. The van der Waals surface area contributed by atoms with E-state index in [1.54, 1.807) is 17.0 Å². The van der Waals surface area contributed by atoms with Crippen molar-refractivity contribution in [1.82, 2.24) is 19.5 Å². The molecule has 0 saturated heterocycles. The second-order valence-electron chi connectivity index (χ2n) is 3.83. The van der Waals surface area contributed by atoms with E-state index in [9.17, 15) is 0 Å². The van der Waals surface area contributed by atoms with Gasteiger partial charge in [-0.3, -0.25) is 0 Å². The molecule has 6 heteroatoms. The van der Waals surface area contributed by atoms with E-state index in [0.717, 1.165) is 18.1 Å². The monoisotopic (exact) mass is 242 g/mol. The van der Waals surface area contributed by atoms with E-state index in [2.05, 4.69) is 20.3 Å². The second kappa shape index (κ2) is 5.27. The summed E-state index contributed by atoms with van der Waals surface area (Å²) in [4.78, 5) is 12.7.